The minimum Gasteiger partial charge on any atom is -0.463 e. The van der Waals surface area contributed by atoms with Crippen LogP contribution in [0.1, 0.15) is 6.92 Å². The standard InChI is InChI=1S/C19H19N5O2/c1-14(25)23-8-10-24(11-9-23)19-21-13-16(15-4-6-20-7-5-15)18(22-19)17-3-2-12-26-17/h2-7,12-13H,8-11H2,1H3. The van der Waals surface area contributed by atoms with Crippen LogP contribution >= 0.6 is 0 Å². The highest BCUT2D eigenvalue weighted by Crippen LogP contribution is 2.31. The number of carbonyl (C=O) groups excluding carboxylic acids is 1. The van der Waals surface area contributed by atoms with Gasteiger partial charge in [-0.15, -0.1) is 0 Å². The second-order valence-electron chi connectivity index (χ2n) is 6.14. The number of carbonyl (C=O) groups is 1. The third-order valence-electron chi connectivity index (χ3n) is 4.53. The quantitative estimate of drug-likeness (QED) is 0.723. The lowest BCUT2D eigenvalue weighted by Gasteiger charge is -2.34. The Balaban J connectivity index is 1.68. The molecule has 0 spiro atoms. The van der Waals surface area contributed by atoms with Crippen molar-refractivity contribution in [2.75, 3.05) is 31.1 Å². The summed E-state index contributed by atoms with van der Waals surface area (Å²) in [4.78, 5) is 28.9. The first-order chi connectivity index (χ1) is 12.7. The molecule has 0 radical (unpaired) electrons. The monoisotopic (exact) mass is 349 g/mol. The molecule has 0 aliphatic carbocycles. The van der Waals surface area contributed by atoms with Crippen molar-refractivity contribution in [1.82, 2.24) is 19.9 Å². The zero-order chi connectivity index (χ0) is 17.9. The van der Waals surface area contributed by atoms with E-state index >= 15 is 0 Å². The molecule has 3 aromatic heterocycles. The number of nitrogens with zero attached hydrogens (tertiary/aromatic N) is 5. The second kappa shape index (κ2) is 6.95. The maximum absolute atomic E-state index is 11.5. The van der Waals surface area contributed by atoms with Gasteiger partial charge in [0.2, 0.25) is 11.9 Å². The molecule has 26 heavy (non-hydrogen) atoms. The Hall–Kier alpha value is -3.22. The van der Waals surface area contributed by atoms with Gasteiger partial charge in [-0.05, 0) is 29.8 Å². The minimum atomic E-state index is 0.106. The zero-order valence-electron chi connectivity index (χ0n) is 14.5. The van der Waals surface area contributed by atoms with Crippen LogP contribution in [0.2, 0.25) is 0 Å². The topological polar surface area (TPSA) is 75.4 Å². The van der Waals surface area contributed by atoms with Gasteiger partial charge >= 0.3 is 0 Å². The third-order valence-corrected chi connectivity index (χ3v) is 4.53. The Morgan fingerprint density at radius 2 is 1.88 bits per heavy atom. The molecule has 3 aromatic rings. The number of furan rings is 1. The fourth-order valence-corrected chi connectivity index (χ4v) is 3.09. The maximum atomic E-state index is 11.5. The van der Waals surface area contributed by atoms with Crippen LogP contribution in [-0.2, 0) is 4.79 Å². The number of anilines is 1. The highest BCUT2D eigenvalue weighted by Gasteiger charge is 2.22. The van der Waals surface area contributed by atoms with E-state index in [1.165, 1.54) is 0 Å². The molecule has 0 aromatic carbocycles. The van der Waals surface area contributed by atoms with Gasteiger partial charge in [0, 0.05) is 57.3 Å². The Morgan fingerprint density at radius 1 is 1.12 bits per heavy atom. The molecular formula is C19H19N5O2. The Kier molecular flexibility index (Phi) is 4.35. The van der Waals surface area contributed by atoms with Crippen molar-refractivity contribution in [1.29, 1.82) is 0 Å². The van der Waals surface area contributed by atoms with E-state index in [9.17, 15) is 4.79 Å². The normalized spacial score (nSPS) is 14.5. The molecule has 7 heteroatoms. The summed E-state index contributed by atoms with van der Waals surface area (Å²) in [5.41, 5.74) is 2.63. The first-order valence-corrected chi connectivity index (χ1v) is 8.54. The Bertz CT molecular complexity index is 888. The SMILES string of the molecule is CC(=O)N1CCN(c2ncc(-c3ccncc3)c(-c3ccco3)n2)CC1. The van der Waals surface area contributed by atoms with Crippen LogP contribution < -0.4 is 4.90 Å². The fourth-order valence-electron chi connectivity index (χ4n) is 3.09. The van der Waals surface area contributed by atoms with Gasteiger partial charge < -0.3 is 14.2 Å². The highest BCUT2D eigenvalue weighted by molar-refractivity contribution is 5.78. The van der Waals surface area contributed by atoms with Crippen molar-refractivity contribution < 1.29 is 9.21 Å². The molecule has 0 unspecified atom stereocenters. The molecular weight excluding hydrogens is 330 g/mol. The molecule has 0 atom stereocenters. The van der Waals surface area contributed by atoms with E-state index in [1.807, 2.05) is 35.4 Å². The zero-order valence-corrected chi connectivity index (χ0v) is 14.5. The van der Waals surface area contributed by atoms with Gasteiger partial charge in [-0.3, -0.25) is 9.78 Å². The molecule has 0 N–H and O–H groups in total. The van der Waals surface area contributed by atoms with Crippen molar-refractivity contribution in [3.8, 4) is 22.6 Å². The molecule has 1 fully saturated rings. The predicted molar refractivity (Wildman–Crippen MR) is 97.4 cm³/mol. The van der Waals surface area contributed by atoms with Crippen LogP contribution in [0.4, 0.5) is 5.95 Å². The van der Waals surface area contributed by atoms with Gasteiger partial charge in [-0.1, -0.05) is 0 Å². The van der Waals surface area contributed by atoms with Gasteiger partial charge in [0.1, 0.15) is 5.69 Å². The first-order valence-electron chi connectivity index (χ1n) is 8.54. The summed E-state index contributed by atoms with van der Waals surface area (Å²) in [5.74, 6) is 1.45. The largest absolute Gasteiger partial charge is 0.463 e. The number of rotatable bonds is 3. The summed E-state index contributed by atoms with van der Waals surface area (Å²) in [7, 11) is 0. The second-order valence-corrected chi connectivity index (χ2v) is 6.14. The summed E-state index contributed by atoms with van der Waals surface area (Å²) >= 11 is 0. The molecule has 1 amide bonds. The van der Waals surface area contributed by atoms with Gasteiger partial charge in [-0.25, -0.2) is 9.97 Å². The maximum Gasteiger partial charge on any atom is 0.226 e. The molecule has 132 valence electrons. The summed E-state index contributed by atoms with van der Waals surface area (Å²) in [6, 6.07) is 7.59. The Morgan fingerprint density at radius 3 is 2.54 bits per heavy atom. The average Bonchev–Trinajstić information content (AvgIpc) is 3.23. The summed E-state index contributed by atoms with van der Waals surface area (Å²) in [6.07, 6.45) is 6.96. The van der Waals surface area contributed by atoms with Gasteiger partial charge in [0.05, 0.1) is 6.26 Å². The van der Waals surface area contributed by atoms with Crippen LogP contribution in [-0.4, -0.2) is 51.9 Å². The lowest BCUT2D eigenvalue weighted by molar-refractivity contribution is -0.129. The molecule has 1 saturated heterocycles. The van der Waals surface area contributed by atoms with Crippen molar-refractivity contribution in [2.24, 2.45) is 0 Å². The van der Waals surface area contributed by atoms with Crippen molar-refractivity contribution in [3.05, 3.63) is 49.1 Å². The molecule has 0 bridgehead atoms. The minimum absolute atomic E-state index is 0.106. The summed E-state index contributed by atoms with van der Waals surface area (Å²) in [5, 5.41) is 0. The molecule has 0 saturated carbocycles. The molecule has 7 nitrogen and oxygen atoms in total. The average molecular weight is 349 g/mol. The van der Waals surface area contributed by atoms with Crippen LogP contribution in [0.3, 0.4) is 0 Å². The molecule has 4 rings (SSSR count). The van der Waals surface area contributed by atoms with Crippen LogP contribution in [0.25, 0.3) is 22.6 Å². The molecule has 1 aliphatic heterocycles. The molecule has 1 aliphatic rings. The Labute approximate surface area is 151 Å². The summed E-state index contributed by atoms with van der Waals surface area (Å²) < 4.78 is 5.60. The van der Waals surface area contributed by atoms with E-state index in [2.05, 4.69) is 14.9 Å². The van der Waals surface area contributed by atoms with E-state index in [4.69, 9.17) is 9.40 Å². The van der Waals surface area contributed by atoms with E-state index < -0.39 is 0 Å². The fraction of sp³-hybridized carbons (Fsp3) is 0.263. The van der Waals surface area contributed by atoms with Crippen molar-refractivity contribution in [3.63, 3.8) is 0 Å². The number of aromatic nitrogens is 3. The number of hydrogen-bond donors (Lipinski definition) is 0. The predicted octanol–water partition coefficient (Wildman–Crippen LogP) is 2.47. The number of amides is 1. The van der Waals surface area contributed by atoms with E-state index in [0.717, 1.165) is 16.8 Å². The number of pyridine rings is 1. The lowest BCUT2D eigenvalue weighted by atomic mass is 10.1. The van der Waals surface area contributed by atoms with Gasteiger partial charge in [-0.2, -0.15) is 0 Å². The smallest absolute Gasteiger partial charge is 0.226 e. The first kappa shape index (κ1) is 16.3. The summed E-state index contributed by atoms with van der Waals surface area (Å²) in [6.45, 7) is 4.39. The lowest BCUT2D eigenvalue weighted by Crippen LogP contribution is -2.48. The third kappa shape index (κ3) is 3.15. The van der Waals surface area contributed by atoms with E-state index in [1.54, 1.807) is 25.6 Å². The van der Waals surface area contributed by atoms with Gasteiger partial charge in [0.25, 0.3) is 0 Å². The van der Waals surface area contributed by atoms with Crippen LogP contribution in [0.15, 0.2) is 53.5 Å². The van der Waals surface area contributed by atoms with Gasteiger partial charge in [0.15, 0.2) is 5.76 Å². The number of hydrogen-bond acceptors (Lipinski definition) is 6. The van der Waals surface area contributed by atoms with E-state index in [0.29, 0.717) is 37.9 Å². The van der Waals surface area contributed by atoms with E-state index in [-0.39, 0.29) is 5.91 Å². The van der Waals surface area contributed by atoms with Crippen molar-refractivity contribution >= 4 is 11.9 Å². The molecule has 4 heterocycles. The number of piperazine rings is 1. The van der Waals surface area contributed by atoms with Crippen molar-refractivity contribution in [2.45, 2.75) is 6.92 Å². The highest BCUT2D eigenvalue weighted by atomic mass is 16.3. The van der Waals surface area contributed by atoms with Crippen LogP contribution in [0.5, 0.6) is 0 Å². The van der Waals surface area contributed by atoms with Crippen LogP contribution in [0, 0.1) is 0 Å².